The van der Waals surface area contributed by atoms with E-state index in [-0.39, 0.29) is 6.10 Å². The molecule has 0 saturated carbocycles. The molecular weight excluding hydrogens is 254 g/mol. The molecule has 0 radical (unpaired) electrons. The van der Waals surface area contributed by atoms with Crippen LogP contribution in [0.1, 0.15) is 29.7 Å². The minimum atomic E-state index is -0.0444. The Bertz CT molecular complexity index is 581. The maximum Gasteiger partial charge on any atom is 0.130 e. The van der Waals surface area contributed by atoms with Gasteiger partial charge in [-0.05, 0) is 31.5 Å². The van der Waals surface area contributed by atoms with Gasteiger partial charge in [0.15, 0.2) is 0 Å². The lowest BCUT2D eigenvalue weighted by Gasteiger charge is -2.17. The molecule has 3 heteroatoms. The van der Waals surface area contributed by atoms with E-state index in [9.17, 15) is 0 Å². The summed E-state index contributed by atoms with van der Waals surface area (Å²) in [6, 6.07) is 15.9. The Morgan fingerprint density at radius 2 is 1.84 bits per heavy atom. The van der Waals surface area contributed by atoms with Crippen molar-refractivity contribution in [2.45, 2.75) is 20.0 Å². The van der Waals surface area contributed by atoms with Crippen LogP contribution in [0.2, 0.25) is 0 Å². The molecule has 98 valence electrons. The molecule has 2 aromatic carbocycles. The summed E-state index contributed by atoms with van der Waals surface area (Å²) in [7, 11) is 0. The molecule has 0 amide bonds. The first kappa shape index (κ1) is 13.6. The van der Waals surface area contributed by atoms with Gasteiger partial charge in [0.1, 0.15) is 16.8 Å². The maximum absolute atomic E-state index is 5.98. The molecule has 0 fully saturated rings. The Balaban J connectivity index is 2.26. The molecule has 0 aliphatic heterocycles. The smallest absolute Gasteiger partial charge is 0.130 e. The second-order valence-electron chi connectivity index (χ2n) is 4.53. The average molecular weight is 271 g/mol. The minimum Gasteiger partial charge on any atom is -0.485 e. The lowest BCUT2D eigenvalue weighted by molar-refractivity contribution is 0.226. The number of hydrogen-bond donors (Lipinski definition) is 1. The Morgan fingerprint density at radius 3 is 2.47 bits per heavy atom. The van der Waals surface area contributed by atoms with Crippen LogP contribution in [0, 0.1) is 6.92 Å². The zero-order chi connectivity index (χ0) is 13.8. The first-order valence-electron chi connectivity index (χ1n) is 6.20. The van der Waals surface area contributed by atoms with Crippen molar-refractivity contribution < 1.29 is 4.74 Å². The second-order valence-corrected chi connectivity index (χ2v) is 4.97. The van der Waals surface area contributed by atoms with Crippen molar-refractivity contribution in [2.24, 2.45) is 5.73 Å². The largest absolute Gasteiger partial charge is 0.485 e. The van der Waals surface area contributed by atoms with E-state index in [1.54, 1.807) is 0 Å². The van der Waals surface area contributed by atoms with Gasteiger partial charge in [-0.3, -0.25) is 0 Å². The Labute approximate surface area is 119 Å². The van der Waals surface area contributed by atoms with E-state index in [4.69, 9.17) is 22.7 Å². The molecule has 0 aromatic heterocycles. The van der Waals surface area contributed by atoms with Crippen LogP contribution in [0.3, 0.4) is 0 Å². The van der Waals surface area contributed by atoms with Gasteiger partial charge in [-0.1, -0.05) is 54.2 Å². The number of thiocarbonyl (C=S) groups is 1. The fourth-order valence-corrected chi connectivity index (χ4v) is 2.08. The van der Waals surface area contributed by atoms with E-state index in [1.807, 2.05) is 62.4 Å². The molecule has 1 unspecified atom stereocenters. The fraction of sp³-hybridized carbons (Fsp3) is 0.188. The van der Waals surface area contributed by atoms with Gasteiger partial charge in [-0.25, -0.2) is 0 Å². The number of benzene rings is 2. The van der Waals surface area contributed by atoms with Crippen LogP contribution in [0.25, 0.3) is 0 Å². The van der Waals surface area contributed by atoms with Crippen LogP contribution in [0.5, 0.6) is 5.75 Å². The first-order chi connectivity index (χ1) is 9.08. The van der Waals surface area contributed by atoms with Crippen molar-refractivity contribution in [3.8, 4) is 5.75 Å². The van der Waals surface area contributed by atoms with Crippen molar-refractivity contribution in [1.29, 1.82) is 0 Å². The number of nitrogens with two attached hydrogens (primary N) is 1. The number of ether oxygens (including phenoxy) is 1. The summed E-state index contributed by atoms with van der Waals surface area (Å²) in [6.07, 6.45) is -0.0444. The van der Waals surface area contributed by atoms with Crippen LogP contribution in [-0.2, 0) is 0 Å². The van der Waals surface area contributed by atoms with E-state index in [2.05, 4.69) is 0 Å². The molecule has 0 spiro atoms. The molecular formula is C16H17NOS. The Hall–Kier alpha value is -1.87. The van der Waals surface area contributed by atoms with Gasteiger partial charge < -0.3 is 10.5 Å². The van der Waals surface area contributed by atoms with Crippen molar-refractivity contribution in [3.63, 3.8) is 0 Å². The highest BCUT2D eigenvalue weighted by Gasteiger charge is 2.11. The Morgan fingerprint density at radius 1 is 1.16 bits per heavy atom. The maximum atomic E-state index is 5.98. The van der Waals surface area contributed by atoms with Crippen molar-refractivity contribution in [1.82, 2.24) is 0 Å². The van der Waals surface area contributed by atoms with Gasteiger partial charge >= 0.3 is 0 Å². The van der Waals surface area contributed by atoms with Crippen LogP contribution in [0.15, 0.2) is 48.5 Å². The van der Waals surface area contributed by atoms with Gasteiger partial charge in [0, 0.05) is 0 Å². The summed E-state index contributed by atoms with van der Waals surface area (Å²) < 4.78 is 5.98. The van der Waals surface area contributed by atoms with E-state index in [1.165, 1.54) is 0 Å². The van der Waals surface area contributed by atoms with Crippen molar-refractivity contribution in [2.75, 3.05) is 0 Å². The number of aryl methyl sites for hydroxylation is 1. The number of rotatable bonds is 4. The molecule has 19 heavy (non-hydrogen) atoms. The lowest BCUT2D eigenvalue weighted by atomic mass is 10.1. The summed E-state index contributed by atoms with van der Waals surface area (Å²) >= 11 is 5.08. The molecule has 2 rings (SSSR count). The predicted molar refractivity (Wildman–Crippen MR) is 82.6 cm³/mol. The summed E-state index contributed by atoms with van der Waals surface area (Å²) in [6.45, 7) is 4.02. The topological polar surface area (TPSA) is 35.2 Å². The quantitative estimate of drug-likeness (QED) is 0.860. The second kappa shape index (κ2) is 5.85. The highest BCUT2D eigenvalue weighted by molar-refractivity contribution is 7.80. The highest BCUT2D eigenvalue weighted by atomic mass is 32.1. The minimum absolute atomic E-state index is 0.0444. The standard InChI is InChI=1S/C16H17NOS/c1-11-8-9-15(14(10-11)16(17)19)18-12(2)13-6-4-3-5-7-13/h3-10,12H,1-2H3,(H2,17,19). The number of hydrogen-bond acceptors (Lipinski definition) is 2. The molecule has 0 saturated heterocycles. The van der Waals surface area contributed by atoms with E-state index in [0.29, 0.717) is 4.99 Å². The molecule has 0 aliphatic carbocycles. The van der Waals surface area contributed by atoms with Crippen LogP contribution in [-0.4, -0.2) is 4.99 Å². The van der Waals surface area contributed by atoms with Gasteiger partial charge in [0.05, 0.1) is 5.56 Å². The molecule has 0 heterocycles. The van der Waals surface area contributed by atoms with Crippen LogP contribution >= 0.6 is 12.2 Å². The third-order valence-electron chi connectivity index (χ3n) is 2.97. The Kier molecular flexibility index (Phi) is 4.17. The molecule has 2 aromatic rings. The zero-order valence-corrected chi connectivity index (χ0v) is 11.9. The van der Waals surface area contributed by atoms with E-state index < -0.39 is 0 Å². The molecule has 2 N–H and O–H groups in total. The van der Waals surface area contributed by atoms with E-state index >= 15 is 0 Å². The van der Waals surface area contributed by atoms with Gasteiger partial charge in [-0.15, -0.1) is 0 Å². The van der Waals surface area contributed by atoms with Crippen LogP contribution in [0.4, 0.5) is 0 Å². The van der Waals surface area contributed by atoms with Crippen LogP contribution < -0.4 is 10.5 Å². The molecule has 0 aliphatic rings. The molecule has 0 bridgehead atoms. The molecule has 1 atom stereocenters. The summed E-state index contributed by atoms with van der Waals surface area (Å²) in [5.74, 6) is 0.731. The summed E-state index contributed by atoms with van der Waals surface area (Å²) in [4.78, 5) is 0.360. The lowest BCUT2D eigenvalue weighted by Crippen LogP contribution is -2.13. The summed E-state index contributed by atoms with van der Waals surface area (Å²) in [5, 5.41) is 0. The van der Waals surface area contributed by atoms with Gasteiger partial charge in [0.2, 0.25) is 0 Å². The monoisotopic (exact) mass is 271 g/mol. The summed E-state index contributed by atoms with van der Waals surface area (Å²) in [5.41, 5.74) is 8.77. The van der Waals surface area contributed by atoms with Gasteiger partial charge in [0.25, 0.3) is 0 Å². The SMILES string of the molecule is Cc1ccc(OC(C)c2ccccc2)c(C(N)=S)c1. The van der Waals surface area contributed by atoms with Gasteiger partial charge in [-0.2, -0.15) is 0 Å². The highest BCUT2D eigenvalue weighted by Crippen LogP contribution is 2.26. The van der Waals surface area contributed by atoms with Crippen molar-refractivity contribution in [3.05, 3.63) is 65.2 Å². The predicted octanol–water partition coefficient (Wildman–Crippen LogP) is 3.77. The first-order valence-corrected chi connectivity index (χ1v) is 6.61. The van der Waals surface area contributed by atoms with E-state index in [0.717, 1.165) is 22.4 Å². The van der Waals surface area contributed by atoms with Crippen molar-refractivity contribution >= 4 is 17.2 Å². The zero-order valence-electron chi connectivity index (χ0n) is 11.1. The fourth-order valence-electron chi connectivity index (χ4n) is 1.92. The average Bonchev–Trinajstić information content (AvgIpc) is 2.41. The normalized spacial score (nSPS) is 11.9. The molecule has 2 nitrogen and oxygen atoms in total. The third-order valence-corrected chi connectivity index (χ3v) is 3.19. The third kappa shape index (κ3) is 3.32.